The maximum Gasteiger partial charge on any atom is 0.303 e. The van der Waals surface area contributed by atoms with E-state index in [9.17, 15) is 14.9 Å². The number of rotatable bonds is 8. The van der Waals surface area contributed by atoms with Gasteiger partial charge in [-0.05, 0) is 79.4 Å². The Hall–Kier alpha value is -2.72. The van der Waals surface area contributed by atoms with Gasteiger partial charge in [-0.3, -0.25) is 9.59 Å². The Labute approximate surface area is 259 Å². The van der Waals surface area contributed by atoms with Gasteiger partial charge in [0, 0.05) is 24.8 Å². The Morgan fingerprint density at radius 2 is 1.51 bits per heavy atom. The molecule has 43 heavy (non-hydrogen) atoms. The van der Waals surface area contributed by atoms with E-state index in [4.69, 9.17) is 18.3 Å². The summed E-state index contributed by atoms with van der Waals surface area (Å²) >= 11 is 0. The molecule has 0 N–H and O–H groups in total. The first kappa shape index (κ1) is 34.8. The van der Waals surface area contributed by atoms with Gasteiger partial charge in [0.25, 0.3) is 5.56 Å². The molecule has 2 aromatic rings. The van der Waals surface area contributed by atoms with Gasteiger partial charge < -0.3 is 22.9 Å². The largest absolute Gasteiger partial charge is 0.484 e. The first-order chi connectivity index (χ1) is 19.5. The summed E-state index contributed by atoms with van der Waals surface area (Å²) in [5.74, 6) is 0.0502. The van der Waals surface area contributed by atoms with Crippen LogP contribution in [0.5, 0.6) is 5.75 Å². The van der Waals surface area contributed by atoms with Crippen LogP contribution in [0.4, 0.5) is 0 Å². The van der Waals surface area contributed by atoms with E-state index in [0.29, 0.717) is 30.1 Å². The summed E-state index contributed by atoms with van der Waals surface area (Å²) in [6.07, 6.45) is 0.984. The van der Waals surface area contributed by atoms with Crippen LogP contribution < -0.4 is 10.3 Å². The molecule has 1 aromatic carbocycles. The molecular formula is C33H50N2O6Si2. The van der Waals surface area contributed by atoms with E-state index >= 15 is 0 Å². The summed E-state index contributed by atoms with van der Waals surface area (Å²) in [5, 5.41) is 9.67. The molecule has 2 atom stereocenters. The first-order valence-corrected chi connectivity index (χ1v) is 20.7. The zero-order chi connectivity index (χ0) is 32.8. The highest BCUT2D eigenvalue weighted by Gasteiger charge is 2.48. The second kappa shape index (κ2) is 12.0. The number of ether oxygens (including phenoxy) is 2. The summed E-state index contributed by atoms with van der Waals surface area (Å²) < 4.78 is 27.0. The fourth-order valence-electron chi connectivity index (χ4n) is 4.57. The number of esters is 1. The molecular weight excluding hydrogens is 577 g/mol. The van der Waals surface area contributed by atoms with Crippen LogP contribution in [0.15, 0.2) is 35.3 Å². The number of carbonyl (C=O) groups is 1. The van der Waals surface area contributed by atoms with Crippen molar-refractivity contribution >= 4 is 22.6 Å². The molecule has 1 aromatic heterocycles. The Kier molecular flexibility index (Phi) is 9.70. The van der Waals surface area contributed by atoms with Gasteiger partial charge in [-0.1, -0.05) is 41.5 Å². The van der Waals surface area contributed by atoms with Crippen LogP contribution in [0.2, 0.25) is 36.3 Å². The van der Waals surface area contributed by atoms with Crippen molar-refractivity contribution in [2.24, 2.45) is 0 Å². The maximum atomic E-state index is 14.0. The molecule has 0 bridgehead atoms. The van der Waals surface area contributed by atoms with Gasteiger partial charge in [-0.2, -0.15) is 5.26 Å². The smallest absolute Gasteiger partial charge is 0.303 e. The molecule has 0 unspecified atom stereocenters. The highest BCUT2D eigenvalue weighted by Crippen LogP contribution is 2.44. The van der Waals surface area contributed by atoms with Crippen molar-refractivity contribution in [3.05, 3.63) is 63.1 Å². The molecule has 1 aliphatic heterocycles. The van der Waals surface area contributed by atoms with E-state index in [0.717, 1.165) is 11.1 Å². The summed E-state index contributed by atoms with van der Waals surface area (Å²) in [6, 6.07) is 8.19. The number of hydrogen-bond donors (Lipinski definition) is 0. The second-order valence-corrected chi connectivity index (χ2v) is 24.8. The Bertz CT molecular complexity index is 1460. The van der Waals surface area contributed by atoms with Gasteiger partial charge in [0.15, 0.2) is 22.7 Å². The number of pyridine rings is 1. The first-order valence-electron chi connectivity index (χ1n) is 14.9. The molecule has 1 aliphatic rings. The van der Waals surface area contributed by atoms with E-state index in [1.807, 2.05) is 20.0 Å². The minimum atomic E-state index is -2.14. The number of aromatic nitrogens is 1. The van der Waals surface area contributed by atoms with Crippen LogP contribution in [-0.4, -0.2) is 38.9 Å². The van der Waals surface area contributed by atoms with Crippen LogP contribution in [0.3, 0.4) is 0 Å². The molecule has 0 saturated carbocycles. The van der Waals surface area contributed by atoms with Crippen LogP contribution >= 0.6 is 0 Å². The minimum Gasteiger partial charge on any atom is -0.484 e. The zero-order valence-electron chi connectivity index (χ0n) is 28.3. The summed E-state index contributed by atoms with van der Waals surface area (Å²) in [5.41, 5.74) is 1.42. The molecule has 0 amide bonds. The lowest BCUT2D eigenvalue weighted by Gasteiger charge is -2.44. The topological polar surface area (TPSA) is 99.8 Å². The molecule has 236 valence electrons. The fourth-order valence-corrected chi connectivity index (χ4v) is 6.47. The SMILES string of the molecule is CC(=O)O[C@H]1[C@H](n2cc(CO[Si](C)(C)C(C)(C)C)c(CO[Si](C)(C)C(C)(C)C)cc2=O)c2cc(C#N)ccc2OC1(C)C. The number of hydrogen-bond acceptors (Lipinski definition) is 7. The predicted octanol–water partition coefficient (Wildman–Crippen LogP) is 7.46. The Balaban J connectivity index is 2.24. The molecule has 8 nitrogen and oxygen atoms in total. The highest BCUT2D eigenvalue weighted by molar-refractivity contribution is 6.74. The minimum absolute atomic E-state index is 0.00293. The molecule has 0 saturated heterocycles. The summed E-state index contributed by atoms with van der Waals surface area (Å²) in [6.45, 7) is 27.6. The number of fused-ring (bicyclic) bond motifs is 1. The van der Waals surface area contributed by atoms with Crippen LogP contribution in [0.1, 0.15) is 90.6 Å². The van der Waals surface area contributed by atoms with Gasteiger partial charge >= 0.3 is 5.97 Å². The van der Waals surface area contributed by atoms with Crippen molar-refractivity contribution in [2.45, 2.75) is 130 Å². The Morgan fingerprint density at radius 3 is 2.00 bits per heavy atom. The zero-order valence-corrected chi connectivity index (χ0v) is 30.3. The summed E-state index contributed by atoms with van der Waals surface area (Å²) in [7, 11) is -4.26. The van der Waals surface area contributed by atoms with Gasteiger partial charge in [-0.15, -0.1) is 0 Å². The third-order valence-corrected chi connectivity index (χ3v) is 18.4. The lowest BCUT2D eigenvalue weighted by molar-refractivity contribution is -0.163. The monoisotopic (exact) mass is 626 g/mol. The van der Waals surface area contributed by atoms with Gasteiger partial charge in [0.2, 0.25) is 0 Å². The van der Waals surface area contributed by atoms with Gasteiger partial charge in [-0.25, -0.2) is 0 Å². The van der Waals surface area contributed by atoms with Gasteiger partial charge in [0.05, 0.1) is 24.8 Å². The normalized spacial score (nSPS) is 18.8. The second-order valence-electron chi connectivity index (χ2n) is 15.2. The van der Waals surface area contributed by atoms with Crippen molar-refractivity contribution in [3.63, 3.8) is 0 Å². The standard InChI is InChI=1S/C33H50N2O6Si2/c1-22(36)40-30-29(26-16-23(18-34)14-15-27(26)41-33(30,8)9)35-19-25(21-39-43(12,13)32(5,6)7)24(17-28(35)37)20-38-42(10,11)31(2,3)4/h14-17,19,29-30H,20-21H2,1-13H3/t29-,30+/m1/s1. The van der Waals surface area contributed by atoms with E-state index in [1.54, 1.807) is 28.8 Å². The number of carbonyl (C=O) groups excluding carboxylic acids is 1. The van der Waals surface area contributed by atoms with Crippen molar-refractivity contribution in [1.82, 2.24) is 4.57 Å². The Morgan fingerprint density at radius 1 is 0.977 bits per heavy atom. The lowest BCUT2D eigenvalue weighted by atomic mass is 9.85. The fraction of sp³-hybridized carbons (Fsp3) is 0.606. The van der Waals surface area contributed by atoms with Crippen LogP contribution in [0.25, 0.3) is 0 Å². The quantitative estimate of drug-likeness (QED) is 0.222. The van der Waals surface area contributed by atoms with Crippen molar-refractivity contribution in [2.75, 3.05) is 0 Å². The molecule has 0 spiro atoms. The third kappa shape index (κ3) is 7.51. The maximum absolute atomic E-state index is 14.0. The predicted molar refractivity (Wildman–Crippen MR) is 174 cm³/mol. The number of nitrogens with zero attached hydrogens (tertiary/aromatic N) is 2. The summed E-state index contributed by atoms with van der Waals surface area (Å²) in [4.78, 5) is 26.4. The van der Waals surface area contributed by atoms with E-state index < -0.39 is 40.4 Å². The molecule has 0 fully saturated rings. The average Bonchev–Trinajstić information content (AvgIpc) is 2.85. The molecule has 3 rings (SSSR count). The highest BCUT2D eigenvalue weighted by atomic mass is 28.4. The van der Waals surface area contributed by atoms with Crippen molar-refractivity contribution in [3.8, 4) is 11.8 Å². The lowest BCUT2D eigenvalue weighted by Crippen LogP contribution is -2.54. The van der Waals surface area contributed by atoms with E-state index in [2.05, 4.69) is 73.8 Å². The number of nitriles is 1. The molecule has 0 aliphatic carbocycles. The third-order valence-electron chi connectivity index (χ3n) is 9.44. The van der Waals surface area contributed by atoms with Gasteiger partial charge in [0.1, 0.15) is 17.4 Å². The van der Waals surface area contributed by atoms with E-state index in [1.165, 1.54) is 6.92 Å². The molecule has 2 heterocycles. The van der Waals surface area contributed by atoms with Crippen LogP contribution in [-0.2, 0) is 31.6 Å². The van der Waals surface area contributed by atoms with Crippen LogP contribution in [0, 0.1) is 11.3 Å². The molecule has 10 heteroatoms. The number of benzene rings is 1. The molecule has 0 radical (unpaired) electrons. The average molecular weight is 627 g/mol. The van der Waals surface area contributed by atoms with E-state index in [-0.39, 0.29) is 15.6 Å². The van der Waals surface area contributed by atoms with Crippen molar-refractivity contribution < 1.29 is 23.1 Å². The van der Waals surface area contributed by atoms with Crippen molar-refractivity contribution in [1.29, 1.82) is 5.26 Å².